The van der Waals surface area contributed by atoms with E-state index in [1.54, 1.807) is 7.11 Å². The Labute approximate surface area is 388 Å². The van der Waals surface area contributed by atoms with Gasteiger partial charge in [0.1, 0.15) is 48.8 Å². The fourth-order valence-corrected chi connectivity index (χ4v) is 8.23. The zero-order chi connectivity index (χ0) is 45.2. The van der Waals surface area contributed by atoms with E-state index in [9.17, 15) is 5.11 Å². The average molecular weight is 897 g/mol. The van der Waals surface area contributed by atoms with Crippen LogP contribution in [0.25, 0.3) is 0 Å². The van der Waals surface area contributed by atoms with Gasteiger partial charge >= 0.3 is 0 Å². The number of hydrogen-bond donors (Lipinski definition) is 1. The SMILES string of the molecule is CO[C@@H]1O[C@H](COCc2ccccc2)[C@H](OCc2ccccc2)[C@H](OCc2ccccc2)[C@H]1O[C@@H]1O[C@H](COCc2ccccc2)[C@@H](OCc2ccccc2)[C@H](OCc2ccccc2)[C@H]1O. The van der Waals surface area contributed by atoms with E-state index in [1.165, 1.54) is 0 Å². The summed E-state index contributed by atoms with van der Waals surface area (Å²) in [6.07, 6.45) is -9.20. The van der Waals surface area contributed by atoms with Crippen LogP contribution in [-0.2, 0) is 87.0 Å². The highest BCUT2D eigenvalue weighted by atomic mass is 16.8. The molecule has 0 saturated carbocycles. The van der Waals surface area contributed by atoms with Crippen molar-refractivity contribution in [1.29, 1.82) is 0 Å². The van der Waals surface area contributed by atoms with Gasteiger partial charge in [-0.1, -0.05) is 182 Å². The Morgan fingerprint density at radius 1 is 0.364 bits per heavy atom. The van der Waals surface area contributed by atoms with Gasteiger partial charge in [0.15, 0.2) is 12.6 Å². The molecule has 1 N–H and O–H groups in total. The van der Waals surface area contributed by atoms with Gasteiger partial charge in [0, 0.05) is 7.11 Å². The van der Waals surface area contributed by atoms with Crippen molar-refractivity contribution >= 4 is 0 Å². The molecule has 6 aromatic rings. The van der Waals surface area contributed by atoms with Gasteiger partial charge in [-0.15, -0.1) is 0 Å². The van der Waals surface area contributed by atoms with Crippen molar-refractivity contribution in [2.24, 2.45) is 0 Å². The lowest BCUT2D eigenvalue weighted by Crippen LogP contribution is -2.66. The molecule has 66 heavy (non-hydrogen) atoms. The summed E-state index contributed by atoms with van der Waals surface area (Å²) >= 11 is 0. The van der Waals surface area contributed by atoms with Crippen molar-refractivity contribution in [2.45, 2.75) is 101 Å². The van der Waals surface area contributed by atoms with Gasteiger partial charge in [-0.05, 0) is 33.4 Å². The van der Waals surface area contributed by atoms with E-state index in [0.717, 1.165) is 33.4 Å². The summed E-state index contributed by atoms with van der Waals surface area (Å²) in [4.78, 5) is 0. The zero-order valence-corrected chi connectivity index (χ0v) is 37.3. The van der Waals surface area contributed by atoms with E-state index < -0.39 is 61.4 Å². The minimum Gasteiger partial charge on any atom is -0.385 e. The highest BCUT2D eigenvalue weighted by Gasteiger charge is 2.54. The Balaban J connectivity index is 1.10. The minimum absolute atomic E-state index is 0.110. The van der Waals surface area contributed by atoms with Gasteiger partial charge < -0.3 is 52.5 Å². The molecule has 346 valence electrons. The summed E-state index contributed by atoms with van der Waals surface area (Å²) in [5.74, 6) is 0. The molecule has 0 aliphatic carbocycles. The largest absolute Gasteiger partial charge is 0.385 e. The standard InChI is InChI=1S/C55H60O11/c1-57-55-53(52(63-37-45-30-18-7-19-31-45)50(61-35-43-26-14-5-15-27-43)47(65-55)39-59-33-41-22-10-3-11-23-41)66-54-48(56)51(62-36-44-28-16-6-17-29-44)49(60-34-42-24-12-4-13-25-42)46(64-54)38-58-32-40-20-8-2-9-21-40/h2-31,46-56H,32-39H2,1H3/t46-,47-,48-,49-,50+,51-,52+,53-,54+,55-/m1/s1. The van der Waals surface area contributed by atoms with Gasteiger partial charge in [0.05, 0.1) is 52.9 Å². The number of rotatable bonds is 23. The van der Waals surface area contributed by atoms with Crippen LogP contribution in [-0.4, -0.2) is 86.8 Å². The molecule has 6 aromatic carbocycles. The van der Waals surface area contributed by atoms with Crippen molar-refractivity contribution in [2.75, 3.05) is 20.3 Å². The lowest BCUT2D eigenvalue weighted by atomic mass is 9.96. The highest BCUT2D eigenvalue weighted by Crippen LogP contribution is 2.35. The molecule has 2 heterocycles. The van der Waals surface area contributed by atoms with Crippen LogP contribution < -0.4 is 0 Å². The smallest absolute Gasteiger partial charge is 0.187 e. The Morgan fingerprint density at radius 2 is 0.667 bits per heavy atom. The molecule has 0 unspecified atom stereocenters. The Bertz CT molecular complexity index is 2220. The second kappa shape index (κ2) is 25.1. The van der Waals surface area contributed by atoms with E-state index in [4.69, 9.17) is 47.4 Å². The Kier molecular flexibility index (Phi) is 18.0. The molecular weight excluding hydrogens is 837 g/mol. The molecule has 11 nitrogen and oxygen atoms in total. The highest BCUT2D eigenvalue weighted by molar-refractivity contribution is 5.18. The van der Waals surface area contributed by atoms with Gasteiger partial charge in [-0.2, -0.15) is 0 Å². The number of hydrogen-bond acceptors (Lipinski definition) is 11. The van der Waals surface area contributed by atoms with Crippen molar-refractivity contribution in [3.8, 4) is 0 Å². The van der Waals surface area contributed by atoms with E-state index in [2.05, 4.69) is 0 Å². The molecule has 0 spiro atoms. The number of methoxy groups -OCH3 is 1. The van der Waals surface area contributed by atoms with Crippen molar-refractivity contribution in [1.82, 2.24) is 0 Å². The topological polar surface area (TPSA) is 113 Å². The van der Waals surface area contributed by atoms with Crippen molar-refractivity contribution in [3.63, 3.8) is 0 Å². The maximum Gasteiger partial charge on any atom is 0.187 e. The van der Waals surface area contributed by atoms with Gasteiger partial charge in [-0.3, -0.25) is 0 Å². The molecular formula is C55H60O11. The van der Waals surface area contributed by atoms with Crippen molar-refractivity contribution < 1.29 is 52.5 Å². The summed E-state index contributed by atoms with van der Waals surface area (Å²) in [6, 6.07) is 59.4. The van der Waals surface area contributed by atoms with Crippen LogP contribution >= 0.6 is 0 Å². The van der Waals surface area contributed by atoms with E-state index >= 15 is 0 Å². The molecule has 0 amide bonds. The van der Waals surface area contributed by atoms with Gasteiger partial charge in [0.25, 0.3) is 0 Å². The number of aliphatic hydroxyl groups is 1. The quantitative estimate of drug-likeness (QED) is 0.0668. The van der Waals surface area contributed by atoms with Crippen LogP contribution in [0.3, 0.4) is 0 Å². The molecule has 10 atom stereocenters. The first-order chi connectivity index (χ1) is 32.6. The fourth-order valence-electron chi connectivity index (χ4n) is 8.23. The Morgan fingerprint density at radius 3 is 1.03 bits per heavy atom. The predicted octanol–water partition coefficient (Wildman–Crippen LogP) is 8.60. The van der Waals surface area contributed by atoms with Crippen LogP contribution in [0.2, 0.25) is 0 Å². The molecule has 11 heteroatoms. The lowest BCUT2D eigenvalue weighted by Gasteiger charge is -2.49. The molecule has 2 saturated heterocycles. The van der Waals surface area contributed by atoms with Gasteiger partial charge in [0.2, 0.25) is 0 Å². The molecule has 0 aromatic heterocycles. The van der Waals surface area contributed by atoms with E-state index in [1.807, 2.05) is 182 Å². The first kappa shape index (κ1) is 47.4. The monoisotopic (exact) mass is 896 g/mol. The summed E-state index contributed by atoms with van der Waals surface area (Å²) in [5.41, 5.74) is 5.84. The normalized spacial score (nSPS) is 25.4. The molecule has 2 fully saturated rings. The van der Waals surface area contributed by atoms with E-state index in [-0.39, 0.29) is 39.6 Å². The maximum atomic E-state index is 12.5. The average Bonchev–Trinajstić information content (AvgIpc) is 3.37. The second-order valence-electron chi connectivity index (χ2n) is 16.5. The number of benzene rings is 6. The van der Waals surface area contributed by atoms with Crippen molar-refractivity contribution in [3.05, 3.63) is 215 Å². The third-order valence-corrected chi connectivity index (χ3v) is 11.7. The van der Waals surface area contributed by atoms with Gasteiger partial charge in [-0.25, -0.2) is 0 Å². The second-order valence-corrected chi connectivity index (χ2v) is 16.5. The third-order valence-electron chi connectivity index (χ3n) is 11.7. The molecule has 8 rings (SSSR count). The zero-order valence-electron chi connectivity index (χ0n) is 37.3. The summed E-state index contributed by atoms with van der Waals surface area (Å²) < 4.78 is 66.3. The summed E-state index contributed by atoms with van der Waals surface area (Å²) in [5, 5.41) is 12.5. The van der Waals surface area contributed by atoms with Crippen LogP contribution in [0.1, 0.15) is 33.4 Å². The molecule has 2 aliphatic heterocycles. The number of aliphatic hydroxyl groups excluding tert-OH is 1. The van der Waals surface area contributed by atoms with Crippen LogP contribution in [0.4, 0.5) is 0 Å². The van der Waals surface area contributed by atoms with E-state index in [0.29, 0.717) is 13.2 Å². The third kappa shape index (κ3) is 13.5. The summed E-state index contributed by atoms with van der Waals surface area (Å²) in [6.45, 7) is 1.93. The molecule has 0 radical (unpaired) electrons. The molecule has 2 aliphatic rings. The van der Waals surface area contributed by atoms with Crippen LogP contribution in [0, 0.1) is 0 Å². The predicted molar refractivity (Wildman–Crippen MR) is 247 cm³/mol. The maximum absolute atomic E-state index is 12.5. The van der Waals surface area contributed by atoms with Crippen LogP contribution in [0.15, 0.2) is 182 Å². The lowest BCUT2D eigenvalue weighted by molar-refractivity contribution is -0.377. The first-order valence-electron chi connectivity index (χ1n) is 22.6. The Hall–Kier alpha value is -5.12. The first-order valence-corrected chi connectivity index (χ1v) is 22.6. The summed E-state index contributed by atoms with van der Waals surface area (Å²) in [7, 11) is 1.56. The van der Waals surface area contributed by atoms with Crippen LogP contribution in [0.5, 0.6) is 0 Å². The fraction of sp³-hybridized carbons (Fsp3) is 0.345. The number of ether oxygens (including phenoxy) is 10. The minimum atomic E-state index is -1.34. The molecule has 0 bridgehead atoms.